The highest BCUT2D eigenvalue weighted by atomic mass is 19.1. The number of anilines is 1. The molecule has 0 radical (unpaired) electrons. The lowest BCUT2D eigenvalue weighted by Gasteiger charge is -2.26. The minimum absolute atomic E-state index is 0.110. The third-order valence-corrected chi connectivity index (χ3v) is 5.35. The number of aromatic nitrogens is 2. The summed E-state index contributed by atoms with van der Waals surface area (Å²) in [6, 6.07) is 16.1. The number of rotatable bonds is 5. The van der Waals surface area contributed by atoms with Crippen molar-refractivity contribution in [3.63, 3.8) is 0 Å². The zero-order valence-electron chi connectivity index (χ0n) is 16.1. The van der Waals surface area contributed by atoms with Gasteiger partial charge in [-0.2, -0.15) is 0 Å². The molecule has 0 saturated carbocycles. The number of hydrogen-bond acceptors (Lipinski definition) is 4. The lowest BCUT2D eigenvalue weighted by Crippen LogP contribution is -2.31. The number of amides is 1. The standard InChI is InChI=1S/C23H23FN4O/c24-18-11-9-17(10-12-18)19-15-26-23(25)27-22(19)20-7-4-14-28(20)21(29)13-8-16-5-2-1-3-6-16/h1-3,5-6,9-12,15,20H,4,7-8,13-14H2,(H2,25,26,27)/t20-/m1/s1. The SMILES string of the molecule is Nc1ncc(-c2ccc(F)cc2)c([C@H]2CCCN2C(=O)CCc2ccccc2)n1. The van der Waals surface area contributed by atoms with Gasteiger partial charge in [-0.3, -0.25) is 4.79 Å². The molecule has 1 aliphatic heterocycles. The molecule has 0 aliphatic carbocycles. The van der Waals surface area contributed by atoms with E-state index in [1.807, 2.05) is 35.2 Å². The quantitative estimate of drug-likeness (QED) is 0.710. The highest BCUT2D eigenvalue weighted by molar-refractivity contribution is 5.78. The molecule has 148 valence electrons. The largest absolute Gasteiger partial charge is 0.368 e. The van der Waals surface area contributed by atoms with Crippen LogP contribution in [0.5, 0.6) is 0 Å². The van der Waals surface area contributed by atoms with Crippen LogP contribution in [-0.2, 0) is 11.2 Å². The van der Waals surface area contributed by atoms with E-state index in [-0.39, 0.29) is 23.7 Å². The average Bonchev–Trinajstić information content (AvgIpc) is 3.23. The maximum atomic E-state index is 13.4. The van der Waals surface area contributed by atoms with Gasteiger partial charge in [0.2, 0.25) is 11.9 Å². The fraction of sp³-hybridized carbons (Fsp3) is 0.261. The van der Waals surface area contributed by atoms with E-state index in [4.69, 9.17) is 5.73 Å². The molecule has 2 heterocycles. The normalized spacial score (nSPS) is 16.2. The lowest BCUT2D eigenvalue weighted by atomic mass is 9.99. The molecule has 29 heavy (non-hydrogen) atoms. The van der Waals surface area contributed by atoms with E-state index in [0.717, 1.165) is 35.2 Å². The summed E-state index contributed by atoms with van der Waals surface area (Å²) in [6.45, 7) is 0.699. The second kappa shape index (κ2) is 8.39. The molecule has 3 aromatic rings. The van der Waals surface area contributed by atoms with Gasteiger partial charge in [-0.15, -0.1) is 0 Å². The first-order valence-corrected chi connectivity index (χ1v) is 9.83. The Hall–Kier alpha value is -3.28. The molecule has 1 aliphatic rings. The van der Waals surface area contributed by atoms with Crippen LogP contribution in [0, 0.1) is 5.82 Å². The number of aryl methyl sites for hydroxylation is 1. The smallest absolute Gasteiger partial charge is 0.223 e. The fourth-order valence-corrected chi connectivity index (χ4v) is 3.90. The van der Waals surface area contributed by atoms with Gasteiger partial charge in [0, 0.05) is 24.7 Å². The van der Waals surface area contributed by atoms with Crippen LogP contribution in [-0.4, -0.2) is 27.3 Å². The van der Waals surface area contributed by atoms with Crippen LogP contribution in [0.2, 0.25) is 0 Å². The van der Waals surface area contributed by atoms with Crippen molar-refractivity contribution in [1.29, 1.82) is 0 Å². The molecule has 1 amide bonds. The molecule has 2 N–H and O–H groups in total. The van der Waals surface area contributed by atoms with Gasteiger partial charge in [-0.1, -0.05) is 42.5 Å². The number of nitrogen functional groups attached to an aromatic ring is 1. The van der Waals surface area contributed by atoms with Gasteiger partial charge in [-0.05, 0) is 42.5 Å². The third kappa shape index (κ3) is 4.26. The van der Waals surface area contributed by atoms with Crippen LogP contribution in [0.15, 0.2) is 60.8 Å². The van der Waals surface area contributed by atoms with Gasteiger partial charge < -0.3 is 10.6 Å². The number of carbonyl (C=O) groups is 1. The molecular weight excluding hydrogens is 367 g/mol. The van der Waals surface area contributed by atoms with E-state index in [9.17, 15) is 9.18 Å². The molecule has 0 bridgehead atoms. The Balaban J connectivity index is 1.59. The first kappa shape index (κ1) is 19.1. The van der Waals surface area contributed by atoms with Gasteiger partial charge in [0.05, 0.1) is 11.7 Å². The topological polar surface area (TPSA) is 72.1 Å². The highest BCUT2D eigenvalue weighted by Crippen LogP contribution is 2.37. The predicted molar refractivity (Wildman–Crippen MR) is 110 cm³/mol. The Kier molecular flexibility index (Phi) is 5.51. The van der Waals surface area contributed by atoms with E-state index >= 15 is 0 Å². The molecule has 0 spiro atoms. The summed E-state index contributed by atoms with van der Waals surface area (Å²) < 4.78 is 13.4. The number of hydrogen-bond donors (Lipinski definition) is 1. The molecule has 1 atom stereocenters. The monoisotopic (exact) mass is 390 g/mol. The van der Waals surface area contributed by atoms with E-state index in [1.165, 1.54) is 12.1 Å². The minimum atomic E-state index is -0.301. The molecule has 0 unspecified atom stereocenters. The Labute approximate surface area is 169 Å². The molecule has 4 rings (SSSR count). The van der Waals surface area contributed by atoms with Crippen molar-refractivity contribution in [3.05, 3.63) is 77.9 Å². The van der Waals surface area contributed by atoms with Crippen LogP contribution < -0.4 is 5.73 Å². The molecule has 6 heteroatoms. The second-order valence-corrected chi connectivity index (χ2v) is 7.26. The molecule has 2 aromatic carbocycles. The summed E-state index contributed by atoms with van der Waals surface area (Å²) in [6.07, 6.45) is 4.55. The molecule has 1 aromatic heterocycles. The van der Waals surface area contributed by atoms with Crippen molar-refractivity contribution in [1.82, 2.24) is 14.9 Å². The van der Waals surface area contributed by atoms with Gasteiger partial charge >= 0.3 is 0 Å². The number of nitrogens with two attached hydrogens (primary N) is 1. The van der Waals surface area contributed by atoms with Crippen molar-refractivity contribution < 1.29 is 9.18 Å². The second-order valence-electron chi connectivity index (χ2n) is 7.26. The van der Waals surface area contributed by atoms with Crippen LogP contribution in [0.4, 0.5) is 10.3 Å². The van der Waals surface area contributed by atoms with Crippen LogP contribution >= 0.6 is 0 Å². The summed E-state index contributed by atoms with van der Waals surface area (Å²) in [7, 11) is 0. The first-order chi connectivity index (χ1) is 14.1. The first-order valence-electron chi connectivity index (χ1n) is 9.83. The van der Waals surface area contributed by atoms with Crippen LogP contribution in [0.1, 0.15) is 36.6 Å². The summed E-state index contributed by atoms with van der Waals surface area (Å²) in [5.74, 6) is -0.0155. The van der Waals surface area contributed by atoms with Crippen molar-refractivity contribution in [2.75, 3.05) is 12.3 Å². The Morgan fingerprint density at radius 2 is 1.90 bits per heavy atom. The zero-order chi connectivity index (χ0) is 20.2. The highest BCUT2D eigenvalue weighted by Gasteiger charge is 2.32. The van der Waals surface area contributed by atoms with E-state index in [1.54, 1.807) is 18.3 Å². The number of likely N-dealkylation sites (tertiary alicyclic amines) is 1. The summed E-state index contributed by atoms with van der Waals surface area (Å²) in [5, 5.41) is 0. The maximum absolute atomic E-state index is 13.4. The molecule has 5 nitrogen and oxygen atoms in total. The Morgan fingerprint density at radius 3 is 2.66 bits per heavy atom. The van der Waals surface area contributed by atoms with Crippen molar-refractivity contribution in [2.24, 2.45) is 0 Å². The molecule has 1 fully saturated rings. The van der Waals surface area contributed by atoms with Crippen LogP contribution in [0.25, 0.3) is 11.1 Å². The molecule has 1 saturated heterocycles. The van der Waals surface area contributed by atoms with Gasteiger partial charge in [0.1, 0.15) is 5.82 Å². The summed E-state index contributed by atoms with van der Waals surface area (Å²) >= 11 is 0. The number of benzene rings is 2. The van der Waals surface area contributed by atoms with E-state index < -0.39 is 0 Å². The van der Waals surface area contributed by atoms with Gasteiger partial charge in [0.25, 0.3) is 0 Å². The van der Waals surface area contributed by atoms with Crippen molar-refractivity contribution in [2.45, 2.75) is 31.7 Å². The minimum Gasteiger partial charge on any atom is -0.368 e. The molecular formula is C23H23FN4O. The predicted octanol–water partition coefficient (Wildman–Crippen LogP) is 4.16. The zero-order valence-corrected chi connectivity index (χ0v) is 16.1. The van der Waals surface area contributed by atoms with Crippen LogP contribution in [0.3, 0.4) is 0 Å². The fourth-order valence-electron chi connectivity index (χ4n) is 3.90. The van der Waals surface area contributed by atoms with Crippen molar-refractivity contribution in [3.8, 4) is 11.1 Å². The number of halogens is 1. The third-order valence-electron chi connectivity index (χ3n) is 5.35. The summed E-state index contributed by atoms with van der Waals surface area (Å²) in [5.41, 5.74) is 9.34. The van der Waals surface area contributed by atoms with Gasteiger partial charge in [-0.25, -0.2) is 14.4 Å². The number of carbonyl (C=O) groups excluding carboxylic acids is 1. The van der Waals surface area contributed by atoms with E-state index in [2.05, 4.69) is 9.97 Å². The van der Waals surface area contributed by atoms with Gasteiger partial charge in [0.15, 0.2) is 0 Å². The van der Waals surface area contributed by atoms with E-state index in [0.29, 0.717) is 19.4 Å². The average molecular weight is 390 g/mol. The maximum Gasteiger partial charge on any atom is 0.223 e. The Morgan fingerprint density at radius 1 is 1.14 bits per heavy atom. The van der Waals surface area contributed by atoms with Crippen molar-refractivity contribution >= 4 is 11.9 Å². The summed E-state index contributed by atoms with van der Waals surface area (Å²) in [4.78, 5) is 23.5. The number of nitrogens with zero attached hydrogens (tertiary/aromatic N) is 3. The Bertz CT molecular complexity index is 992. The lowest BCUT2D eigenvalue weighted by molar-refractivity contribution is -0.132.